The first kappa shape index (κ1) is 25.0. The highest BCUT2D eigenvalue weighted by Crippen LogP contribution is 2.21. The van der Waals surface area contributed by atoms with Crippen LogP contribution in [0, 0.1) is 0 Å². The lowest BCUT2D eigenvalue weighted by molar-refractivity contribution is 0.354. The van der Waals surface area contributed by atoms with Gasteiger partial charge in [0.15, 0.2) is 0 Å². The van der Waals surface area contributed by atoms with E-state index in [0.29, 0.717) is 12.5 Å². The highest BCUT2D eigenvalue weighted by molar-refractivity contribution is 5.44. The lowest BCUT2D eigenvalue weighted by atomic mass is 10.0. The predicted octanol–water partition coefficient (Wildman–Crippen LogP) is 7.65. The Hall–Kier alpha value is -2.28. The molecule has 0 N–H and O–H groups in total. The van der Waals surface area contributed by atoms with Crippen LogP contribution < -0.4 is 4.74 Å². The fourth-order valence-electron chi connectivity index (χ4n) is 2.12. The first-order valence-electron chi connectivity index (χ1n) is 8.84. The molecule has 0 aliphatic carbocycles. The summed E-state index contributed by atoms with van der Waals surface area (Å²) in [6.45, 7) is 26.7. The van der Waals surface area contributed by atoms with Gasteiger partial charge in [-0.05, 0) is 48.6 Å². The zero-order chi connectivity index (χ0) is 19.8. The number of hydrogen-bond acceptors (Lipinski definition) is 1. The van der Waals surface area contributed by atoms with Gasteiger partial charge in [-0.1, -0.05) is 76.8 Å². The molecule has 0 amide bonds. The Labute approximate surface area is 156 Å². The zero-order valence-electron chi connectivity index (χ0n) is 17.1. The van der Waals surface area contributed by atoms with Gasteiger partial charge in [-0.2, -0.15) is 0 Å². The van der Waals surface area contributed by atoms with E-state index in [2.05, 4.69) is 66.1 Å². The first-order chi connectivity index (χ1) is 12.0. The quantitative estimate of drug-likeness (QED) is 0.366. The van der Waals surface area contributed by atoms with Crippen LogP contribution in [0.25, 0.3) is 0 Å². The van der Waals surface area contributed by atoms with E-state index in [1.165, 1.54) is 11.1 Å². The molecule has 0 heterocycles. The first-order valence-corrected chi connectivity index (χ1v) is 8.84. The van der Waals surface area contributed by atoms with Crippen molar-refractivity contribution in [3.05, 3.63) is 91.1 Å². The van der Waals surface area contributed by atoms with E-state index in [0.717, 1.165) is 16.9 Å². The SMILES string of the molecule is C=C.C=C/C=C(/COc1ccc(C(C)C)cc1)C(C=C)=C(C)C.CC. The van der Waals surface area contributed by atoms with Crippen LogP contribution in [0.3, 0.4) is 0 Å². The highest BCUT2D eigenvalue weighted by atomic mass is 16.5. The molecule has 0 aliphatic heterocycles. The molecule has 0 aliphatic rings. The fraction of sp³-hybridized carbons (Fsp3) is 0.333. The minimum Gasteiger partial charge on any atom is -0.489 e. The van der Waals surface area contributed by atoms with Gasteiger partial charge in [-0.25, -0.2) is 0 Å². The van der Waals surface area contributed by atoms with Crippen molar-refractivity contribution < 1.29 is 4.74 Å². The summed E-state index contributed by atoms with van der Waals surface area (Å²) in [4.78, 5) is 0. The summed E-state index contributed by atoms with van der Waals surface area (Å²) >= 11 is 0. The van der Waals surface area contributed by atoms with Crippen molar-refractivity contribution in [3.8, 4) is 5.75 Å². The topological polar surface area (TPSA) is 9.23 Å². The minimum absolute atomic E-state index is 0.513. The number of benzene rings is 1. The summed E-state index contributed by atoms with van der Waals surface area (Å²) in [6.07, 6.45) is 5.63. The molecule has 138 valence electrons. The van der Waals surface area contributed by atoms with Gasteiger partial charge in [0.25, 0.3) is 0 Å². The maximum atomic E-state index is 5.89. The third kappa shape index (κ3) is 9.56. The zero-order valence-corrected chi connectivity index (χ0v) is 17.1. The van der Waals surface area contributed by atoms with Crippen LogP contribution in [-0.4, -0.2) is 6.61 Å². The highest BCUT2D eigenvalue weighted by Gasteiger charge is 2.05. The molecule has 1 aromatic rings. The van der Waals surface area contributed by atoms with Gasteiger partial charge >= 0.3 is 0 Å². The van der Waals surface area contributed by atoms with Gasteiger partial charge in [0.2, 0.25) is 0 Å². The number of rotatable bonds is 7. The van der Waals surface area contributed by atoms with E-state index < -0.39 is 0 Å². The molecular formula is C24H36O. The Balaban J connectivity index is 0. The predicted molar refractivity (Wildman–Crippen MR) is 115 cm³/mol. The smallest absolute Gasteiger partial charge is 0.119 e. The van der Waals surface area contributed by atoms with Crippen LogP contribution in [0.5, 0.6) is 5.75 Å². The van der Waals surface area contributed by atoms with E-state index in [4.69, 9.17) is 4.74 Å². The van der Waals surface area contributed by atoms with Crippen LogP contribution in [0.15, 0.2) is 85.5 Å². The molecule has 0 saturated heterocycles. The normalized spacial score (nSPS) is 9.80. The van der Waals surface area contributed by atoms with Gasteiger partial charge in [0.1, 0.15) is 12.4 Å². The summed E-state index contributed by atoms with van der Waals surface area (Å²) < 4.78 is 5.89. The van der Waals surface area contributed by atoms with Crippen molar-refractivity contribution in [2.45, 2.75) is 47.5 Å². The number of hydrogen-bond donors (Lipinski definition) is 0. The standard InChI is InChI=1S/C20H26O.C2H6.C2H4/c1-7-9-18(20(8-2)16(5)6)14-21-19-12-10-17(11-13-19)15(3)4;2*1-2/h7-13,15H,1-2,14H2,3-6H3;1-2H3;1-2H2/b18-9-;;. The average Bonchev–Trinajstić information content (AvgIpc) is 2.63. The van der Waals surface area contributed by atoms with Crippen molar-refractivity contribution in [3.63, 3.8) is 0 Å². The molecule has 0 fully saturated rings. The van der Waals surface area contributed by atoms with Gasteiger partial charge in [-0.3, -0.25) is 0 Å². The van der Waals surface area contributed by atoms with Gasteiger partial charge in [0, 0.05) is 0 Å². The van der Waals surface area contributed by atoms with Crippen molar-refractivity contribution >= 4 is 0 Å². The lowest BCUT2D eigenvalue weighted by Gasteiger charge is -2.13. The monoisotopic (exact) mass is 340 g/mol. The Morgan fingerprint density at radius 1 is 1.04 bits per heavy atom. The molecule has 0 unspecified atom stereocenters. The Morgan fingerprint density at radius 2 is 1.56 bits per heavy atom. The summed E-state index contributed by atoms with van der Waals surface area (Å²) in [6, 6.07) is 8.28. The van der Waals surface area contributed by atoms with Gasteiger partial charge in [0.05, 0.1) is 0 Å². The second kappa shape index (κ2) is 15.3. The van der Waals surface area contributed by atoms with Crippen molar-refractivity contribution in [2.75, 3.05) is 6.61 Å². The van der Waals surface area contributed by atoms with Crippen molar-refractivity contribution in [2.24, 2.45) is 0 Å². The van der Waals surface area contributed by atoms with E-state index in [9.17, 15) is 0 Å². The molecule has 1 nitrogen and oxygen atoms in total. The minimum atomic E-state index is 0.513. The van der Waals surface area contributed by atoms with E-state index in [1.807, 2.05) is 38.1 Å². The Morgan fingerprint density at radius 3 is 1.92 bits per heavy atom. The van der Waals surface area contributed by atoms with Gasteiger partial charge < -0.3 is 4.74 Å². The Bertz CT molecular complexity index is 552. The lowest BCUT2D eigenvalue weighted by Crippen LogP contribution is -2.04. The van der Waals surface area contributed by atoms with E-state index in [1.54, 1.807) is 6.08 Å². The van der Waals surface area contributed by atoms with Crippen LogP contribution in [0.1, 0.15) is 53.0 Å². The second-order valence-electron chi connectivity index (χ2n) is 5.56. The molecule has 1 aromatic carbocycles. The number of allylic oxidation sites excluding steroid dienone is 4. The van der Waals surface area contributed by atoms with E-state index >= 15 is 0 Å². The van der Waals surface area contributed by atoms with Crippen LogP contribution in [-0.2, 0) is 0 Å². The number of ether oxygens (including phenoxy) is 1. The third-order valence-electron chi connectivity index (χ3n) is 3.35. The van der Waals surface area contributed by atoms with Crippen molar-refractivity contribution in [1.29, 1.82) is 0 Å². The Kier molecular flexibility index (Phi) is 15.2. The van der Waals surface area contributed by atoms with Crippen molar-refractivity contribution in [1.82, 2.24) is 0 Å². The molecule has 1 heteroatoms. The maximum absolute atomic E-state index is 5.89. The largest absolute Gasteiger partial charge is 0.489 e. The molecular weight excluding hydrogens is 304 g/mol. The van der Waals surface area contributed by atoms with Crippen LogP contribution in [0.4, 0.5) is 0 Å². The van der Waals surface area contributed by atoms with E-state index in [-0.39, 0.29) is 0 Å². The maximum Gasteiger partial charge on any atom is 0.119 e. The molecule has 0 saturated carbocycles. The summed E-state index contributed by atoms with van der Waals surface area (Å²) in [7, 11) is 0. The second-order valence-corrected chi connectivity index (χ2v) is 5.56. The average molecular weight is 341 g/mol. The summed E-state index contributed by atoms with van der Waals surface area (Å²) in [5.74, 6) is 1.42. The molecule has 25 heavy (non-hydrogen) atoms. The van der Waals surface area contributed by atoms with Crippen LogP contribution in [0.2, 0.25) is 0 Å². The fourth-order valence-corrected chi connectivity index (χ4v) is 2.12. The third-order valence-corrected chi connectivity index (χ3v) is 3.35. The molecule has 0 bridgehead atoms. The van der Waals surface area contributed by atoms with Gasteiger partial charge in [-0.15, -0.1) is 13.2 Å². The van der Waals surface area contributed by atoms with Crippen LogP contribution >= 0.6 is 0 Å². The summed E-state index contributed by atoms with van der Waals surface area (Å²) in [5, 5.41) is 0. The molecule has 1 rings (SSSR count). The molecule has 0 spiro atoms. The molecule has 0 aromatic heterocycles. The molecule has 0 radical (unpaired) electrons. The summed E-state index contributed by atoms with van der Waals surface area (Å²) in [5.41, 5.74) is 4.75. The molecule has 0 atom stereocenters.